The minimum Gasteiger partial charge on any atom is -0.456 e. The second kappa shape index (κ2) is 18.8. The summed E-state index contributed by atoms with van der Waals surface area (Å²) >= 11 is 0. The van der Waals surface area contributed by atoms with Gasteiger partial charge in [-0.25, -0.2) is 15.0 Å². The van der Waals surface area contributed by atoms with Crippen LogP contribution in [-0.2, 0) is 0 Å². The second-order valence-electron chi connectivity index (χ2n) is 16.6. The molecule has 3 heterocycles. The molecule has 2 aliphatic heterocycles. The molecule has 6 aromatic carbocycles. The van der Waals surface area contributed by atoms with E-state index >= 15 is 0 Å². The number of hydrogen-bond acceptors (Lipinski definition) is 5. The van der Waals surface area contributed by atoms with Crippen molar-refractivity contribution in [3.05, 3.63) is 268 Å². The summed E-state index contributed by atoms with van der Waals surface area (Å²) < 4.78 is 6.37. The van der Waals surface area contributed by atoms with Gasteiger partial charge in [-0.05, 0) is 91.1 Å². The lowest BCUT2D eigenvalue weighted by Gasteiger charge is -2.15. The highest BCUT2D eigenvalue weighted by atomic mass is 16.3. The van der Waals surface area contributed by atoms with E-state index in [-0.39, 0.29) is 0 Å². The van der Waals surface area contributed by atoms with Crippen LogP contribution in [0.25, 0.3) is 50.2 Å². The van der Waals surface area contributed by atoms with E-state index in [0.29, 0.717) is 18.0 Å². The van der Waals surface area contributed by atoms with Crippen LogP contribution in [0.5, 0.6) is 0 Å². The zero-order chi connectivity index (χ0) is 45.7. The van der Waals surface area contributed by atoms with Gasteiger partial charge in [-0.15, -0.1) is 5.73 Å². The normalized spacial score (nSPS) is 17.1. The molecule has 1 aromatic heterocycles. The molecule has 5 heteroatoms. The third-order valence-electron chi connectivity index (χ3n) is 12.0. The predicted octanol–water partition coefficient (Wildman–Crippen LogP) is 15.4. The first-order chi connectivity index (χ1) is 32.9. The van der Waals surface area contributed by atoms with Crippen molar-refractivity contribution >= 4 is 73.1 Å². The molecule has 1 aliphatic carbocycles. The Morgan fingerprint density at radius 3 is 2.07 bits per heavy atom. The van der Waals surface area contributed by atoms with Crippen molar-refractivity contribution in [2.24, 2.45) is 20.0 Å². The molecule has 0 fully saturated rings. The van der Waals surface area contributed by atoms with E-state index in [2.05, 4.69) is 116 Å². The summed E-state index contributed by atoms with van der Waals surface area (Å²) in [4.78, 5) is 21.0. The van der Waals surface area contributed by atoms with Crippen molar-refractivity contribution in [3.8, 4) is 0 Å². The maximum atomic E-state index is 6.37. The summed E-state index contributed by atoms with van der Waals surface area (Å²) in [5.41, 5.74) is 24.4. The van der Waals surface area contributed by atoms with Crippen LogP contribution in [0.2, 0.25) is 0 Å². The molecule has 10 rings (SSSR count). The third-order valence-corrected chi connectivity index (χ3v) is 12.0. The van der Waals surface area contributed by atoms with E-state index < -0.39 is 0 Å². The number of allylic oxidation sites excluding steroid dienone is 11. The minimum absolute atomic E-state index is 0.537. The maximum absolute atomic E-state index is 6.37. The first-order valence-electron chi connectivity index (χ1n) is 22.5. The molecule has 7 aromatic rings. The van der Waals surface area contributed by atoms with Crippen molar-refractivity contribution < 1.29 is 4.42 Å². The molecule has 0 saturated carbocycles. The molecule has 0 amide bonds. The number of hydrogen-bond donors (Lipinski definition) is 0. The van der Waals surface area contributed by atoms with Crippen molar-refractivity contribution in [1.29, 1.82) is 0 Å². The molecular formula is C62H46N4O. The first kappa shape index (κ1) is 42.2. The molecule has 67 heavy (non-hydrogen) atoms. The van der Waals surface area contributed by atoms with E-state index in [1.807, 2.05) is 123 Å². The lowest BCUT2D eigenvalue weighted by atomic mass is 9.92. The summed E-state index contributed by atoms with van der Waals surface area (Å²) in [6.45, 7) is 10.7. The fourth-order valence-electron chi connectivity index (χ4n) is 8.46. The van der Waals surface area contributed by atoms with Gasteiger partial charge in [0.2, 0.25) is 0 Å². The van der Waals surface area contributed by atoms with E-state index in [1.54, 1.807) is 0 Å². The number of rotatable bonds is 8. The maximum Gasteiger partial charge on any atom is 0.160 e. The Kier molecular flexibility index (Phi) is 11.8. The second-order valence-corrected chi connectivity index (χ2v) is 16.6. The van der Waals surface area contributed by atoms with Gasteiger partial charge in [0.05, 0.1) is 22.8 Å². The quantitative estimate of drug-likeness (QED) is 0.111. The van der Waals surface area contributed by atoms with Crippen LogP contribution in [0.1, 0.15) is 66.1 Å². The zero-order valence-electron chi connectivity index (χ0n) is 37.7. The van der Waals surface area contributed by atoms with Gasteiger partial charge in [0, 0.05) is 56.3 Å². The summed E-state index contributed by atoms with van der Waals surface area (Å²) in [5.74, 6) is 0.568. The van der Waals surface area contributed by atoms with Gasteiger partial charge >= 0.3 is 0 Å². The Hall–Kier alpha value is -8.72. The highest BCUT2D eigenvalue weighted by Crippen LogP contribution is 2.36. The Morgan fingerprint density at radius 1 is 0.597 bits per heavy atom. The van der Waals surface area contributed by atoms with Crippen LogP contribution < -0.4 is 0 Å². The fraction of sp³-hybridized carbons (Fsp3) is 0.0645. The van der Waals surface area contributed by atoms with Crippen LogP contribution in [0.3, 0.4) is 0 Å². The average molecular weight is 863 g/mol. The van der Waals surface area contributed by atoms with Crippen molar-refractivity contribution in [1.82, 2.24) is 0 Å². The molecular weight excluding hydrogens is 817 g/mol. The number of amidine groups is 1. The zero-order valence-corrected chi connectivity index (χ0v) is 37.7. The molecule has 5 nitrogen and oxygen atoms in total. The Balaban J connectivity index is 1.05. The van der Waals surface area contributed by atoms with E-state index in [9.17, 15) is 0 Å². The monoisotopic (exact) mass is 862 g/mol. The molecule has 0 N–H and O–H groups in total. The Labute approximate surface area is 391 Å². The molecule has 0 atom stereocenters. The van der Waals surface area contributed by atoms with Crippen LogP contribution in [0.4, 0.5) is 0 Å². The standard InChI is InChI=1S/C62H46N4O/c1-41-18-12-15-26-54(41)64-60(49-21-7-5-8-22-49)44(4)45-30-32-46(33-31-45)55-27-17-28-56(66-62(65-55)51-38-39-53-52-25-14-16-29-57(52)67-58(53)40-51)47-34-36-48(37-35-47)59-42(2)19-11-13-20-43(3)63-61(59)50-23-9-6-10-24-50/h5-17,19-26,29-40H,2,28H2,1,3-4H3/b19-11-,20-13-,60-44+,61-59?,63-43?,64-54?,65-62?,66-56?. The number of aliphatic imine (C=N–C) groups is 4. The van der Waals surface area contributed by atoms with Gasteiger partial charge in [0.25, 0.3) is 0 Å². The number of nitrogens with zero attached hydrogens (tertiary/aromatic N) is 4. The summed E-state index contributed by atoms with van der Waals surface area (Å²) in [6, 6.07) is 52.0. The molecule has 0 saturated heterocycles. The summed E-state index contributed by atoms with van der Waals surface area (Å²) in [5, 5.41) is 2.12. The van der Waals surface area contributed by atoms with Crippen LogP contribution in [0, 0.1) is 0 Å². The molecule has 0 unspecified atom stereocenters. The van der Waals surface area contributed by atoms with Gasteiger partial charge in [-0.2, -0.15) is 0 Å². The van der Waals surface area contributed by atoms with Crippen molar-refractivity contribution in [2.75, 3.05) is 0 Å². The average Bonchev–Trinajstić information content (AvgIpc) is 3.76. The first-order valence-corrected chi connectivity index (χ1v) is 22.5. The molecule has 3 aliphatic rings. The number of para-hydroxylation sites is 1. The van der Waals surface area contributed by atoms with Gasteiger partial charge < -0.3 is 4.42 Å². The van der Waals surface area contributed by atoms with Gasteiger partial charge in [0.1, 0.15) is 16.9 Å². The number of furan rings is 1. The summed E-state index contributed by atoms with van der Waals surface area (Å²) in [7, 11) is 0. The molecule has 0 radical (unpaired) electrons. The SMILES string of the molecule is C=C1/C=C\C=C/C(C)=NC(c2ccccc2)=C1c1ccc(C2=NC(c3ccc4c(c3)oc3ccccc34)=NC(c3ccc(/C(C)=C(/N=C4C=CC=C=C4C)c4ccccc4)cc3)=C=CC2)cc1. The van der Waals surface area contributed by atoms with E-state index in [4.69, 9.17) is 24.4 Å². The van der Waals surface area contributed by atoms with Gasteiger partial charge in [-0.3, -0.25) is 4.99 Å². The fourth-order valence-corrected chi connectivity index (χ4v) is 8.46. The van der Waals surface area contributed by atoms with Crippen LogP contribution in [0.15, 0.2) is 254 Å². The highest BCUT2D eigenvalue weighted by Gasteiger charge is 2.18. The molecule has 0 bridgehead atoms. The lowest BCUT2D eigenvalue weighted by Crippen LogP contribution is -2.08. The third kappa shape index (κ3) is 9.02. The van der Waals surface area contributed by atoms with E-state index in [1.165, 1.54) is 0 Å². The largest absolute Gasteiger partial charge is 0.456 e. The number of fused-ring (bicyclic) bond motifs is 3. The van der Waals surface area contributed by atoms with Crippen LogP contribution in [-0.4, -0.2) is 23.0 Å². The smallest absolute Gasteiger partial charge is 0.160 e. The molecule has 320 valence electrons. The van der Waals surface area contributed by atoms with Crippen LogP contribution >= 0.6 is 0 Å². The topological polar surface area (TPSA) is 62.6 Å². The minimum atomic E-state index is 0.537. The predicted molar refractivity (Wildman–Crippen MR) is 282 cm³/mol. The Morgan fingerprint density at radius 2 is 1.28 bits per heavy atom. The number of benzene rings is 6. The van der Waals surface area contributed by atoms with Crippen molar-refractivity contribution in [2.45, 2.75) is 27.2 Å². The lowest BCUT2D eigenvalue weighted by molar-refractivity contribution is 0.669. The van der Waals surface area contributed by atoms with E-state index in [0.717, 1.165) is 112 Å². The highest BCUT2D eigenvalue weighted by molar-refractivity contribution is 6.16. The van der Waals surface area contributed by atoms with Gasteiger partial charge in [0.15, 0.2) is 5.84 Å². The van der Waals surface area contributed by atoms with Crippen molar-refractivity contribution in [3.63, 3.8) is 0 Å². The summed E-state index contributed by atoms with van der Waals surface area (Å²) in [6.07, 6.45) is 16.6. The Bertz CT molecular complexity index is 3550. The molecule has 0 spiro atoms. The van der Waals surface area contributed by atoms with Gasteiger partial charge in [-0.1, -0.05) is 170 Å².